The molecule has 3 nitrogen and oxygen atoms in total. The van der Waals surface area contributed by atoms with E-state index >= 15 is 0 Å². The molecule has 0 unspecified atom stereocenters. The van der Waals surface area contributed by atoms with E-state index in [2.05, 4.69) is 4.98 Å². The van der Waals surface area contributed by atoms with Crippen molar-refractivity contribution in [2.45, 2.75) is 12.7 Å². The fourth-order valence-corrected chi connectivity index (χ4v) is 2.31. The van der Waals surface area contributed by atoms with Crippen LogP contribution >= 0.6 is 11.3 Å². The fraction of sp³-hybridized carbons (Fsp3) is 0.182. The molecule has 0 aliphatic rings. The van der Waals surface area contributed by atoms with Gasteiger partial charge in [-0.15, -0.1) is 11.3 Å². The van der Waals surface area contributed by atoms with E-state index in [0.29, 0.717) is 4.88 Å². The molecule has 0 amide bonds. The Hall–Kier alpha value is -1.60. The van der Waals surface area contributed by atoms with E-state index in [-0.39, 0.29) is 5.69 Å². The molecule has 0 aromatic carbocycles. The number of rotatable bonds is 2. The van der Waals surface area contributed by atoms with Gasteiger partial charge in [0.1, 0.15) is 0 Å². The van der Waals surface area contributed by atoms with Crippen LogP contribution in [0.4, 0.5) is 13.2 Å². The van der Waals surface area contributed by atoms with Crippen molar-refractivity contribution in [3.8, 4) is 10.6 Å². The first-order chi connectivity index (χ1) is 8.43. The standard InChI is InChI=1S/C11H9F3N2OS/c12-11(13,14)7-4-8(9-2-1-3-18-9)16-10(17)6(7)5-15/h1-4H,5,15H2,(H,16,17). The van der Waals surface area contributed by atoms with E-state index in [1.54, 1.807) is 17.5 Å². The SMILES string of the molecule is NCc1c(C(F)(F)F)cc(-c2cccs2)[nH]c1=O. The topological polar surface area (TPSA) is 58.9 Å². The number of halogens is 3. The van der Waals surface area contributed by atoms with Gasteiger partial charge in [-0.25, -0.2) is 0 Å². The van der Waals surface area contributed by atoms with Crippen LogP contribution in [0.5, 0.6) is 0 Å². The van der Waals surface area contributed by atoms with Crippen molar-refractivity contribution in [1.82, 2.24) is 4.98 Å². The fourth-order valence-electron chi connectivity index (χ4n) is 1.61. The number of hydrogen-bond acceptors (Lipinski definition) is 3. The molecule has 2 aromatic heterocycles. The summed E-state index contributed by atoms with van der Waals surface area (Å²) in [5.74, 6) is 0. The number of H-pyrrole nitrogens is 1. The van der Waals surface area contributed by atoms with E-state index in [0.717, 1.165) is 6.07 Å². The first-order valence-corrected chi connectivity index (χ1v) is 5.89. The molecular formula is C11H9F3N2OS. The zero-order valence-electron chi connectivity index (χ0n) is 9.04. The van der Waals surface area contributed by atoms with Gasteiger partial charge in [0.05, 0.1) is 16.1 Å². The lowest BCUT2D eigenvalue weighted by atomic mass is 10.1. The molecule has 0 atom stereocenters. The van der Waals surface area contributed by atoms with Crippen LogP contribution in [0, 0.1) is 0 Å². The third-order valence-electron chi connectivity index (χ3n) is 2.43. The Kier molecular flexibility index (Phi) is 3.27. The second-order valence-electron chi connectivity index (χ2n) is 3.58. The molecular weight excluding hydrogens is 265 g/mol. The maximum atomic E-state index is 12.8. The van der Waals surface area contributed by atoms with Gasteiger partial charge in [-0.1, -0.05) is 6.07 Å². The predicted octanol–water partition coefficient (Wildman–Crippen LogP) is 2.58. The molecule has 2 rings (SSSR count). The Bertz CT molecular complexity index is 602. The van der Waals surface area contributed by atoms with Gasteiger partial charge >= 0.3 is 6.18 Å². The summed E-state index contributed by atoms with van der Waals surface area (Å²) in [5.41, 5.74) is 3.14. The van der Waals surface area contributed by atoms with Gasteiger partial charge < -0.3 is 10.7 Å². The second kappa shape index (κ2) is 4.58. The Labute approximate surface area is 104 Å². The number of thiophene rings is 1. The Morgan fingerprint density at radius 1 is 1.39 bits per heavy atom. The van der Waals surface area contributed by atoms with E-state index in [4.69, 9.17) is 5.73 Å². The number of hydrogen-bond donors (Lipinski definition) is 2. The molecule has 0 radical (unpaired) electrons. The number of nitrogens with one attached hydrogen (secondary N) is 1. The highest BCUT2D eigenvalue weighted by atomic mass is 32.1. The average molecular weight is 274 g/mol. The van der Waals surface area contributed by atoms with Crippen molar-refractivity contribution in [2.24, 2.45) is 5.73 Å². The molecule has 0 saturated heterocycles. The number of alkyl halides is 3. The normalized spacial score (nSPS) is 11.8. The third-order valence-corrected chi connectivity index (χ3v) is 3.34. The minimum atomic E-state index is -4.59. The summed E-state index contributed by atoms with van der Waals surface area (Å²) < 4.78 is 38.5. The monoisotopic (exact) mass is 274 g/mol. The number of aromatic amines is 1. The predicted molar refractivity (Wildman–Crippen MR) is 63.3 cm³/mol. The van der Waals surface area contributed by atoms with Crippen LogP contribution in [-0.2, 0) is 12.7 Å². The Morgan fingerprint density at radius 3 is 2.61 bits per heavy atom. The molecule has 0 spiro atoms. The molecule has 18 heavy (non-hydrogen) atoms. The first-order valence-electron chi connectivity index (χ1n) is 5.01. The molecule has 0 saturated carbocycles. The first kappa shape index (κ1) is 12.8. The van der Waals surface area contributed by atoms with E-state index in [1.165, 1.54) is 11.3 Å². The van der Waals surface area contributed by atoms with Gasteiger partial charge in [0.15, 0.2) is 0 Å². The summed E-state index contributed by atoms with van der Waals surface area (Å²) in [6, 6.07) is 4.26. The van der Waals surface area contributed by atoms with Crippen molar-refractivity contribution < 1.29 is 13.2 Å². The van der Waals surface area contributed by atoms with Crippen molar-refractivity contribution in [3.05, 3.63) is 45.1 Å². The molecule has 7 heteroatoms. The largest absolute Gasteiger partial charge is 0.416 e. The Morgan fingerprint density at radius 2 is 2.11 bits per heavy atom. The van der Waals surface area contributed by atoms with Crippen molar-refractivity contribution >= 4 is 11.3 Å². The van der Waals surface area contributed by atoms with Crippen LogP contribution in [0.25, 0.3) is 10.6 Å². The van der Waals surface area contributed by atoms with Crippen molar-refractivity contribution in [1.29, 1.82) is 0 Å². The zero-order valence-corrected chi connectivity index (χ0v) is 9.86. The highest BCUT2D eigenvalue weighted by Gasteiger charge is 2.34. The summed E-state index contributed by atoms with van der Waals surface area (Å²) in [6.07, 6.45) is -4.59. The van der Waals surface area contributed by atoms with E-state index in [9.17, 15) is 18.0 Å². The highest BCUT2D eigenvalue weighted by Crippen LogP contribution is 2.33. The quantitative estimate of drug-likeness (QED) is 0.884. The summed E-state index contributed by atoms with van der Waals surface area (Å²) in [7, 11) is 0. The molecule has 0 fully saturated rings. The number of pyridine rings is 1. The van der Waals surface area contributed by atoms with Gasteiger partial charge in [0.25, 0.3) is 5.56 Å². The summed E-state index contributed by atoms with van der Waals surface area (Å²) in [4.78, 5) is 14.6. The maximum Gasteiger partial charge on any atom is 0.416 e. The highest BCUT2D eigenvalue weighted by molar-refractivity contribution is 7.13. The molecule has 0 aliphatic carbocycles. The number of aromatic nitrogens is 1. The maximum absolute atomic E-state index is 12.8. The number of nitrogens with two attached hydrogens (primary N) is 1. The summed E-state index contributed by atoms with van der Waals surface area (Å²) in [5, 5.41) is 1.72. The van der Waals surface area contributed by atoms with Gasteiger partial charge in [-0.05, 0) is 17.5 Å². The molecule has 2 aromatic rings. The van der Waals surface area contributed by atoms with Crippen LogP contribution in [0.3, 0.4) is 0 Å². The summed E-state index contributed by atoms with van der Waals surface area (Å²) in [6.45, 7) is -0.450. The van der Waals surface area contributed by atoms with Crippen LogP contribution in [0.1, 0.15) is 11.1 Å². The van der Waals surface area contributed by atoms with Crippen LogP contribution in [0.15, 0.2) is 28.4 Å². The van der Waals surface area contributed by atoms with Crippen LogP contribution in [-0.4, -0.2) is 4.98 Å². The molecule has 3 N–H and O–H groups in total. The molecule has 2 heterocycles. The lowest BCUT2D eigenvalue weighted by Gasteiger charge is -2.12. The third kappa shape index (κ3) is 2.32. The van der Waals surface area contributed by atoms with Gasteiger partial charge in [0.2, 0.25) is 0 Å². The van der Waals surface area contributed by atoms with Gasteiger partial charge in [-0.3, -0.25) is 4.79 Å². The lowest BCUT2D eigenvalue weighted by Crippen LogP contribution is -2.23. The second-order valence-corrected chi connectivity index (χ2v) is 4.53. The van der Waals surface area contributed by atoms with Gasteiger partial charge in [0, 0.05) is 12.1 Å². The van der Waals surface area contributed by atoms with Gasteiger partial charge in [-0.2, -0.15) is 13.2 Å². The minimum Gasteiger partial charge on any atom is -0.326 e. The minimum absolute atomic E-state index is 0.152. The van der Waals surface area contributed by atoms with Crippen molar-refractivity contribution in [2.75, 3.05) is 0 Å². The molecule has 96 valence electrons. The smallest absolute Gasteiger partial charge is 0.326 e. The average Bonchev–Trinajstić information content (AvgIpc) is 2.80. The Balaban J connectivity index is 2.68. The molecule has 0 aliphatic heterocycles. The van der Waals surface area contributed by atoms with Crippen molar-refractivity contribution in [3.63, 3.8) is 0 Å². The lowest BCUT2D eigenvalue weighted by molar-refractivity contribution is -0.138. The van der Waals surface area contributed by atoms with Crippen LogP contribution < -0.4 is 11.3 Å². The van der Waals surface area contributed by atoms with E-state index in [1.807, 2.05) is 0 Å². The van der Waals surface area contributed by atoms with E-state index < -0.39 is 29.4 Å². The summed E-state index contributed by atoms with van der Waals surface area (Å²) >= 11 is 1.25. The molecule has 0 bridgehead atoms. The zero-order chi connectivity index (χ0) is 13.3. The van der Waals surface area contributed by atoms with Crippen LogP contribution in [0.2, 0.25) is 0 Å².